The van der Waals surface area contributed by atoms with Crippen LogP contribution >= 0.6 is 11.6 Å². The summed E-state index contributed by atoms with van der Waals surface area (Å²) in [6.07, 6.45) is 5.63. The third kappa shape index (κ3) is 3.09. The number of hydrogen-bond donors (Lipinski definition) is 0. The van der Waals surface area contributed by atoms with Gasteiger partial charge in [0.05, 0.1) is 31.2 Å². The fourth-order valence-corrected chi connectivity index (χ4v) is 4.69. The largest absolute Gasteiger partial charge is 0.493 e. The van der Waals surface area contributed by atoms with Crippen LogP contribution in [0.2, 0.25) is 5.15 Å². The van der Waals surface area contributed by atoms with E-state index in [2.05, 4.69) is 16.0 Å². The van der Waals surface area contributed by atoms with Crippen molar-refractivity contribution in [1.82, 2.24) is 14.9 Å². The van der Waals surface area contributed by atoms with Crippen LogP contribution in [0.5, 0.6) is 5.75 Å². The van der Waals surface area contributed by atoms with Gasteiger partial charge in [0.2, 0.25) is 5.91 Å². The highest BCUT2D eigenvalue weighted by atomic mass is 35.5. The molecule has 1 aliphatic carbocycles. The summed E-state index contributed by atoms with van der Waals surface area (Å²) in [7, 11) is 1.63. The summed E-state index contributed by atoms with van der Waals surface area (Å²) in [5.74, 6) is 1.29. The van der Waals surface area contributed by atoms with Crippen molar-refractivity contribution >= 4 is 23.2 Å². The molecule has 2 aliphatic heterocycles. The van der Waals surface area contributed by atoms with Gasteiger partial charge in [-0.2, -0.15) is 0 Å². The molecule has 0 spiro atoms. The third-order valence-electron chi connectivity index (χ3n) is 6.07. The Morgan fingerprint density at radius 3 is 2.89 bits per heavy atom. The molecule has 6 nitrogen and oxygen atoms in total. The molecule has 28 heavy (non-hydrogen) atoms. The molecular formula is C21H23ClN4O2. The minimum atomic E-state index is 0.225. The zero-order valence-corrected chi connectivity index (χ0v) is 16.7. The minimum Gasteiger partial charge on any atom is -0.493 e. The Kier molecular flexibility index (Phi) is 4.38. The van der Waals surface area contributed by atoms with Crippen LogP contribution in [0.15, 0.2) is 18.3 Å². The van der Waals surface area contributed by atoms with E-state index < -0.39 is 0 Å². The van der Waals surface area contributed by atoms with Crippen LogP contribution in [0.1, 0.15) is 35.4 Å². The summed E-state index contributed by atoms with van der Waals surface area (Å²) in [6, 6.07) is 4.10. The Labute approximate surface area is 169 Å². The molecule has 7 heteroatoms. The van der Waals surface area contributed by atoms with Gasteiger partial charge in [-0.05, 0) is 30.4 Å². The third-order valence-corrected chi connectivity index (χ3v) is 6.28. The van der Waals surface area contributed by atoms with Gasteiger partial charge in [-0.3, -0.25) is 9.78 Å². The van der Waals surface area contributed by atoms with Crippen molar-refractivity contribution in [3.8, 4) is 5.75 Å². The molecule has 1 saturated heterocycles. The first-order valence-electron chi connectivity index (χ1n) is 9.83. The average molecular weight is 399 g/mol. The second-order valence-corrected chi connectivity index (χ2v) is 8.34. The highest BCUT2D eigenvalue weighted by molar-refractivity contribution is 6.29. The number of hydrogen-bond acceptors (Lipinski definition) is 5. The van der Waals surface area contributed by atoms with E-state index in [0.717, 1.165) is 37.3 Å². The van der Waals surface area contributed by atoms with Crippen LogP contribution in [0.25, 0.3) is 0 Å². The van der Waals surface area contributed by atoms with E-state index in [-0.39, 0.29) is 5.91 Å². The molecule has 3 aliphatic rings. The quantitative estimate of drug-likeness (QED) is 0.741. The molecule has 0 bridgehead atoms. The van der Waals surface area contributed by atoms with Crippen LogP contribution in [-0.4, -0.2) is 41.0 Å². The number of anilines is 1. The van der Waals surface area contributed by atoms with Crippen LogP contribution in [0.3, 0.4) is 0 Å². The zero-order valence-electron chi connectivity index (χ0n) is 15.9. The van der Waals surface area contributed by atoms with Crippen molar-refractivity contribution < 1.29 is 9.53 Å². The first kappa shape index (κ1) is 17.7. The Morgan fingerprint density at radius 1 is 1.21 bits per heavy atom. The number of halogens is 1. The number of amides is 1. The van der Waals surface area contributed by atoms with Gasteiger partial charge in [-0.1, -0.05) is 17.7 Å². The molecule has 0 radical (unpaired) electrons. The van der Waals surface area contributed by atoms with Gasteiger partial charge in [0.25, 0.3) is 0 Å². The summed E-state index contributed by atoms with van der Waals surface area (Å²) in [5, 5.41) is 0.449. The Hall–Kier alpha value is -2.34. The number of fused-ring (bicyclic) bond motifs is 2. The van der Waals surface area contributed by atoms with Gasteiger partial charge < -0.3 is 14.5 Å². The highest BCUT2D eigenvalue weighted by Crippen LogP contribution is 2.36. The average Bonchev–Trinajstić information content (AvgIpc) is 3.27. The SMILES string of the molecule is COc1cnc(Cl)cc1N1CC(CC(=O)N2Cc3cc4c(nc3C2)CCC4)C1. The number of carbonyl (C=O) groups is 1. The van der Waals surface area contributed by atoms with Crippen LogP contribution in [0, 0.1) is 5.92 Å². The molecular weight excluding hydrogens is 376 g/mol. The van der Waals surface area contributed by atoms with Crippen molar-refractivity contribution in [2.75, 3.05) is 25.1 Å². The topological polar surface area (TPSA) is 58.6 Å². The fraction of sp³-hybridized carbons (Fsp3) is 0.476. The smallest absolute Gasteiger partial charge is 0.223 e. The maximum absolute atomic E-state index is 12.8. The number of nitrogens with zero attached hydrogens (tertiary/aromatic N) is 4. The van der Waals surface area contributed by atoms with Crippen molar-refractivity contribution in [1.29, 1.82) is 0 Å². The summed E-state index contributed by atoms with van der Waals surface area (Å²) in [6.45, 7) is 3.02. The van der Waals surface area contributed by atoms with Gasteiger partial charge in [0.1, 0.15) is 5.15 Å². The highest BCUT2D eigenvalue weighted by Gasteiger charge is 2.34. The minimum absolute atomic E-state index is 0.225. The molecule has 0 N–H and O–H groups in total. The standard InChI is InChI=1S/C21H23ClN4O2/c1-28-19-8-23-20(22)7-18(19)25-9-13(10-25)5-21(27)26-11-15-6-14-3-2-4-16(14)24-17(15)12-26/h6-8,13H,2-5,9-12H2,1H3. The fourth-order valence-electron chi connectivity index (χ4n) is 4.54. The lowest BCUT2D eigenvalue weighted by atomic mass is 9.95. The van der Waals surface area contributed by atoms with E-state index >= 15 is 0 Å². The van der Waals surface area contributed by atoms with E-state index in [9.17, 15) is 4.79 Å². The predicted octanol–water partition coefficient (Wildman–Crippen LogP) is 3.00. The van der Waals surface area contributed by atoms with Crippen LogP contribution < -0.4 is 9.64 Å². The number of methoxy groups -OCH3 is 1. The van der Waals surface area contributed by atoms with Crippen molar-refractivity contribution in [3.63, 3.8) is 0 Å². The van der Waals surface area contributed by atoms with Gasteiger partial charge >= 0.3 is 0 Å². The molecule has 0 aromatic carbocycles. The predicted molar refractivity (Wildman–Crippen MR) is 107 cm³/mol. The van der Waals surface area contributed by atoms with E-state index in [0.29, 0.717) is 36.3 Å². The number of carbonyl (C=O) groups excluding carboxylic acids is 1. The summed E-state index contributed by atoms with van der Waals surface area (Å²) >= 11 is 6.03. The number of ether oxygens (including phenoxy) is 1. The van der Waals surface area contributed by atoms with Crippen LogP contribution in [-0.2, 0) is 30.7 Å². The van der Waals surface area contributed by atoms with E-state index in [1.165, 1.54) is 23.2 Å². The van der Waals surface area contributed by atoms with Crippen LogP contribution in [0.4, 0.5) is 5.69 Å². The molecule has 2 aromatic rings. The molecule has 1 fully saturated rings. The second kappa shape index (κ2) is 6.92. The zero-order chi connectivity index (χ0) is 19.3. The van der Waals surface area contributed by atoms with Crippen molar-refractivity contribution in [2.24, 2.45) is 5.92 Å². The summed E-state index contributed by atoms with van der Waals surface area (Å²) in [4.78, 5) is 25.8. The monoisotopic (exact) mass is 398 g/mol. The lowest BCUT2D eigenvalue weighted by molar-refractivity contribution is -0.133. The van der Waals surface area contributed by atoms with Gasteiger partial charge in [-0.25, -0.2) is 4.98 Å². The molecule has 1 amide bonds. The molecule has 0 atom stereocenters. The molecule has 0 unspecified atom stereocenters. The van der Waals surface area contributed by atoms with Gasteiger partial charge in [0, 0.05) is 43.7 Å². The number of rotatable bonds is 4. The Morgan fingerprint density at radius 2 is 2.07 bits per heavy atom. The molecule has 4 heterocycles. The number of aryl methyl sites for hydroxylation is 2. The lowest BCUT2D eigenvalue weighted by Crippen LogP contribution is -2.48. The normalized spacial score (nSPS) is 18.1. The molecule has 0 saturated carbocycles. The lowest BCUT2D eigenvalue weighted by Gasteiger charge is -2.41. The van der Waals surface area contributed by atoms with E-state index in [1.54, 1.807) is 13.3 Å². The number of pyridine rings is 2. The van der Waals surface area contributed by atoms with Crippen molar-refractivity contribution in [2.45, 2.75) is 38.8 Å². The van der Waals surface area contributed by atoms with Gasteiger partial charge in [-0.15, -0.1) is 0 Å². The molecule has 5 rings (SSSR count). The Balaban J connectivity index is 1.19. The number of aromatic nitrogens is 2. The van der Waals surface area contributed by atoms with E-state index in [1.807, 2.05) is 11.0 Å². The maximum atomic E-state index is 12.8. The van der Waals surface area contributed by atoms with Gasteiger partial charge in [0.15, 0.2) is 5.75 Å². The maximum Gasteiger partial charge on any atom is 0.223 e. The van der Waals surface area contributed by atoms with Crippen molar-refractivity contribution in [3.05, 3.63) is 46.0 Å². The second-order valence-electron chi connectivity index (χ2n) is 7.96. The Bertz CT molecular complexity index is 909. The van der Waals surface area contributed by atoms with E-state index in [4.69, 9.17) is 21.3 Å². The first-order chi connectivity index (χ1) is 13.6. The summed E-state index contributed by atoms with van der Waals surface area (Å²) in [5.41, 5.74) is 5.90. The summed E-state index contributed by atoms with van der Waals surface area (Å²) < 4.78 is 5.38. The first-order valence-corrected chi connectivity index (χ1v) is 10.2. The molecule has 2 aromatic heterocycles. The molecule has 146 valence electrons.